The summed E-state index contributed by atoms with van der Waals surface area (Å²) in [5.74, 6) is 0.474. The van der Waals surface area contributed by atoms with Gasteiger partial charge in [0.05, 0.1) is 0 Å². The Hall–Kier alpha value is -1.10. The number of benzene rings is 1. The van der Waals surface area contributed by atoms with Crippen molar-refractivity contribution in [2.45, 2.75) is 12.5 Å². The number of hydrogen-bond donors (Lipinski definition) is 3. The summed E-state index contributed by atoms with van der Waals surface area (Å²) in [5, 5.41) is 21.6. The quantitative estimate of drug-likeness (QED) is 0.629. The molecule has 0 fully saturated rings. The van der Waals surface area contributed by atoms with Gasteiger partial charge in [-0.2, -0.15) is 0 Å². The zero-order valence-corrected chi connectivity index (χ0v) is 7.94. The second-order valence-corrected chi connectivity index (χ2v) is 3.42. The molecular formula is C9H9ClN2O2. The molecule has 1 heterocycles. The standard InChI is InChI=1S/C9H9ClN2O2/c10-6-3-1-5(2-4-6)7-11-8(13)9(14)12-7/h1-4,8-9,13-14H,(H,11,12). The summed E-state index contributed by atoms with van der Waals surface area (Å²) in [7, 11) is 0. The fourth-order valence-electron chi connectivity index (χ4n) is 1.22. The van der Waals surface area contributed by atoms with Gasteiger partial charge in [-0.05, 0) is 24.3 Å². The SMILES string of the molecule is OC1N=C(c2ccc(Cl)cc2)NC1O. The van der Waals surface area contributed by atoms with Crippen LogP contribution in [0.3, 0.4) is 0 Å². The van der Waals surface area contributed by atoms with Gasteiger partial charge in [0.2, 0.25) is 0 Å². The molecule has 2 unspecified atom stereocenters. The Morgan fingerprint density at radius 3 is 2.36 bits per heavy atom. The van der Waals surface area contributed by atoms with Crippen LogP contribution in [0.5, 0.6) is 0 Å². The number of hydrogen-bond acceptors (Lipinski definition) is 4. The molecule has 14 heavy (non-hydrogen) atoms. The van der Waals surface area contributed by atoms with Gasteiger partial charge in [0, 0.05) is 10.6 Å². The zero-order chi connectivity index (χ0) is 10.1. The minimum Gasteiger partial charge on any atom is -0.369 e. The van der Waals surface area contributed by atoms with Crippen molar-refractivity contribution in [1.29, 1.82) is 0 Å². The van der Waals surface area contributed by atoms with E-state index in [0.717, 1.165) is 5.56 Å². The Kier molecular flexibility index (Phi) is 2.41. The second kappa shape index (κ2) is 3.57. The molecule has 0 bridgehead atoms. The average Bonchev–Trinajstić information content (AvgIpc) is 2.48. The van der Waals surface area contributed by atoms with Crippen molar-refractivity contribution in [2.75, 3.05) is 0 Å². The Bertz CT molecular complexity index is 364. The molecule has 3 N–H and O–H groups in total. The highest BCUT2D eigenvalue weighted by molar-refractivity contribution is 6.30. The van der Waals surface area contributed by atoms with E-state index in [2.05, 4.69) is 10.3 Å². The molecule has 4 nitrogen and oxygen atoms in total. The van der Waals surface area contributed by atoms with Gasteiger partial charge < -0.3 is 15.5 Å². The summed E-state index contributed by atoms with van der Waals surface area (Å²) in [4.78, 5) is 3.84. The molecule has 1 aromatic rings. The highest BCUT2D eigenvalue weighted by Crippen LogP contribution is 2.13. The summed E-state index contributed by atoms with van der Waals surface area (Å²) < 4.78 is 0. The zero-order valence-electron chi connectivity index (χ0n) is 7.18. The van der Waals surface area contributed by atoms with Crippen LogP contribution in [0.2, 0.25) is 5.02 Å². The van der Waals surface area contributed by atoms with Gasteiger partial charge in [-0.3, -0.25) is 0 Å². The Balaban J connectivity index is 2.25. The summed E-state index contributed by atoms with van der Waals surface area (Å²) >= 11 is 5.72. The number of aliphatic imine (C=N–C) groups is 1. The molecule has 0 saturated carbocycles. The van der Waals surface area contributed by atoms with Crippen LogP contribution in [0.1, 0.15) is 5.56 Å². The first-order chi connectivity index (χ1) is 6.66. The van der Waals surface area contributed by atoms with Crippen molar-refractivity contribution in [1.82, 2.24) is 5.32 Å². The maximum Gasteiger partial charge on any atom is 0.192 e. The van der Waals surface area contributed by atoms with E-state index >= 15 is 0 Å². The minimum atomic E-state index is -1.10. The molecule has 2 atom stereocenters. The van der Waals surface area contributed by atoms with E-state index in [-0.39, 0.29) is 0 Å². The number of halogens is 1. The van der Waals surface area contributed by atoms with Crippen LogP contribution in [0.4, 0.5) is 0 Å². The summed E-state index contributed by atoms with van der Waals surface area (Å²) in [5.41, 5.74) is 0.782. The van der Waals surface area contributed by atoms with Crippen molar-refractivity contribution in [2.24, 2.45) is 4.99 Å². The monoisotopic (exact) mass is 212 g/mol. The first-order valence-electron chi connectivity index (χ1n) is 4.13. The van der Waals surface area contributed by atoms with Crippen molar-refractivity contribution >= 4 is 17.4 Å². The minimum absolute atomic E-state index is 0.474. The van der Waals surface area contributed by atoms with E-state index in [1.165, 1.54) is 0 Å². The lowest BCUT2D eigenvalue weighted by molar-refractivity contribution is 0.0287. The fraction of sp³-hybridized carbons (Fsp3) is 0.222. The van der Waals surface area contributed by atoms with Gasteiger partial charge in [0.1, 0.15) is 5.84 Å². The van der Waals surface area contributed by atoms with Crippen LogP contribution in [0.25, 0.3) is 0 Å². The van der Waals surface area contributed by atoms with Crippen LogP contribution >= 0.6 is 11.6 Å². The van der Waals surface area contributed by atoms with Gasteiger partial charge >= 0.3 is 0 Å². The largest absolute Gasteiger partial charge is 0.369 e. The molecule has 1 aliphatic heterocycles. The number of aliphatic hydroxyl groups excluding tert-OH is 2. The molecule has 0 spiro atoms. The topological polar surface area (TPSA) is 64.9 Å². The van der Waals surface area contributed by atoms with Crippen molar-refractivity contribution < 1.29 is 10.2 Å². The fourth-order valence-corrected chi connectivity index (χ4v) is 1.35. The maximum atomic E-state index is 9.18. The second-order valence-electron chi connectivity index (χ2n) is 2.99. The molecular weight excluding hydrogens is 204 g/mol. The first-order valence-corrected chi connectivity index (χ1v) is 4.51. The number of rotatable bonds is 1. The van der Waals surface area contributed by atoms with E-state index in [1.807, 2.05) is 0 Å². The molecule has 0 aliphatic carbocycles. The van der Waals surface area contributed by atoms with Crippen LogP contribution in [0, 0.1) is 0 Å². The lowest BCUT2D eigenvalue weighted by Gasteiger charge is -2.06. The van der Waals surface area contributed by atoms with Crippen LogP contribution in [-0.4, -0.2) is 28.5 Å². The Morgan fingerprint density at radius 2 is 1.86 bits per heavy atom. The predicted octanol–water partition coefficient (Wildman–Crippen LogP) is 0.327. The van der Waals surface area contributed by atoms with Crippen molar-refractivity contribution in [3.05, 3.63) is 34.9 Å². The average molecular weight is 213 g/mol. The van der Waals surface area contributed by atoms with Gasteiger partial charge in [-0.1, -0.05) is 11.6 Å². The third-order valence-electron chi connectivity index (χ3n) is 1.95. The van der Waals surface area contributed by atoms with Gasteiger partial charge in [-0.15, -0.1) is 0 Å². The summed E-state index contributed by atoms with van der Waals surface area (Å²) in [6, 6.07) is 6.97. The van der Waals surface area contributed by atoms with Crippen molar-refractivity contribution in [3.63, 3.8) is 0 Å². The Morgan fingerprint density at radius 1 is 1.21 bits per heavy atom. The molecule has 74 valence electrons. The lowest BCUT2D eigenvalue weighted by Crippen LogP contribution is -2.34. The van der Waals surface area contributed by atoms with E-state index in [0.29, 0.717) is 10.9 Å². The van der Waals surface area contributed by atoms with E-state index in [4.69, 9.17) is 16.7 Å². The number of aliphatic hydroxyl groups is 2. The molecule has 2 rings (SSSR count). The third-order valence-corrected chi connectivity index (χ3v) is 2.20. The summed E-state index contributed by atoms with van der Waals surface area (Å²) in [6.07, 6.45) is -2.12. The smallest absolute Gasteiger partial charge is 0.192 e. The molecule has 0 amide bonds. The van der Waals surface area contributed by atoms with Crippen molar-refractivity contribution in [3.8, 4) is 0 Å². The first kappa shape index (κ1) is 9.45. The highest BCUT2D eigenvalue weighted by Gasteiger charge is 2.24. The lowest BCUT2D eigenvalue weighted by atomic mass is 10.2. The number of nitrogens with zero attached hydrogens (tertiary/aromatic N) is 1. The van der Waals surface area contributed by atoms with Gasteiger partial charge in [0.25, 0.3) is 0 Å². The predicted molar refractivity (Wildman–Crippen MR) is 53.1 cm³/mol. The molecule has 0 saturated heterocycles. The summed E-state index contributed by atoms with van der Waals surface area (Å²) in [6.45, 7) is 0. The molecule has 0 radical (unpaired) electrons. The van der Waals surface area contributed by atoms with Gasteiger partial charge in [-0.25, -0.2) is 4.99 Å². The molecule has 1 aliphatic rings. The maximum absolute atomic E-state index is 9.18. The van der Waals surface area contributed by atoms with Crippen LogP contribution in [0.15, 0.2) is 29.3 Å². The Labute approximate surface area is 85.9 Å². The normalized spacial score (nSPS) is 25.8. The highest BCUT2D eigenvalue weighted by atomic mass is 35.5. The van der Waals surface area contributed by atoms with Crippen LogP contribution < -0.4 is 5.32 Å². The number of amidine groups is 1. The van der Waals surface area contributed by atoms with Gasteiger partial charge in [0.15, 0.2) is 12.5 Å². The van der Waals surface area contributed by atoms with E-state index < -0.39 is 12.5 Å². The van der Waals surface area contributed by atoms with E-state index in [9.17, 15) is 5.11 Å². The third kappa shape index (κ3) is 1.72. The number of nitrogens with one attached hydrogen (secondary N) is 1. The van der Waals surface area contributed by atoms with Crippen LogP contribution in [-0.2, 0) is 0 Å². The molecule has 0 aromatic heterocycles. The molecule has 1 aromatic carbocycles. The van der Waals surface area contributed by atoms with E-state index in [1.54, 1.807) is 24.3 Å². The molecule has 5 heteroatoms.